The van der Waals surface area contributed by atoms with Crippen LogP contribution in [0, 0.1) is 6.92 Å². The van der Waals surface area contributed by atoms with Gasteiger partial charge in [-0.3, -0.25) is 9.78 Å². The van der Waals surface area contributed by atoms with E-state index in [0.717, 1.165) is 11.3 Å². The Morgan fingerprint density at radius 1 is 1.80 bits per heavy atom. The zero-order valence-corrected chi connectivity index (χ0v) is 8.73. The summed E-state index contributed by atoms with van der Waals surface area (Å²) in [6, 6.07) is 1.20. The first-order chi connectivity index (χ1) is 7.15. The molecule has 0 aromatic carbocycles. The summed E-state index contributed by atoms with van der Waals surface area (Å²) in [6.07, 6.45) is 5.41. The Kier molecular flexibility index (Phi) is 4.00. The number of anilines is 1. The van der Waals surface area contributed by atoms with E-state index in [-0.39, 0.29) is 5.91 Å². The number of nitrogens with zero attached hydrogens (tertiary/aromatic N) is 1. The van der Waals surface area contributed by atoms with Gasteiger partial charge in [-0.25, -0.2) is 0 Å². The van der Waals surface area contributed by atoms with Gasteiger partial charge < -0.3 is 11.1 Å². The van der Waals surface area contributed by atoms with Crippen LogP contribution in [-0.4, -0.2) is 16.9 Å². The van der Waals surface area contributed by atoms with Gasteiger partial charge in [0.05, 0.1) is 6.04 Å². The predicted octanol–water partition coefficient (Wildman–Crippen LogP) is 1.23. The minimum absolute atomic E-state index is 0.204. The number of aromatic nitrogens is 1. The van der Waals surface area contributed by atoms with E-state index in [2.05, 4.69) is 16.9 Å². The molecule has 4 nitrogen and oxygen atoms in total. The van der Waals surface area contributed by atoms with Gasteiger partial charge in [0.25, 0.3) is 0 Å². The van der Waals surface area contributed by atoms with Crippen molar-refractivity contribution in [3.05, 3.63) is 36.7 Å². The van der Waals surface area contributed by atoms with E-state index in [9.17, 15) is 4.79 Å². The molecule has 15 heavy (non-hydrogen) atoms. The number of nitrogens with two attached hydrogens (primary N) is 1. The maximum Gasteiger partial charge on any atom is 0.241 e. The minimum atomic E-state index is -0.546. The van der Waals surface area contributed by atoms with E-state index in [0.29, 0.717) is 6.42 Å². The lowest BCUT2D eigenvalue weighted by Crippen LogP contribution is -2.35. The van der Waals surface area contributed by atoms with Crippen molar-refractivity contribution in [1.29, 1.82) is 0 Å². The molecule has 1 heterocycles. The third-order valence-electron chi connectivity index (χ3n) is 2.04. The Bertz CT molecular complexity index is 363. The van der Waals surface area contributed by atoms with Gasteiger partial charge >= 0.3 is 0 Å². The van der Waals surface area contributed by atoms with Gasteiger partial charge in [-0.05, 0) is 25.0 Å². The molecule has 0 saturated heterocycles. The van der Waals surface area contributed by atoms with Gasteiger partial charge in [-0.2, -0.15) is 0 Å². The van der Waals surface area contributed by atoms with Crippen LogP contribution in [-0.2, 0) is 4.79 Å². The average molecular weight is 205 g/mol. The van der Waals surface area contributed by atoms with Crippen LogP contribution in [0.5, 0.6) is 0 Å². The minimum Gasteiger partial charge on any atom is -0.324 e. The molecule has 0 saturated carbocycles. The van der Waals surface area contributed by atoms with E-state index >= 15 is 0 Å². The lowest BCUT2D eigenvalue weighted by Gasteiger charge is -2.11. The highest BCUT2D eigenvalue weighted by Gasteiger charge is 2.12. The molecule has 1 aromatic heterocycles. The van der Waals surface area contributed by atoms with Gasteiger partial charge in [-0.15, -0.1) is 6.58 Å². The maximum atomic E-state index is 11.6. The highest BCUT2D eigenvalue weighted by molar-refractivity contribution is 5.95. The van der Waals surface area contributed by atoms with Crippen LogP contribution in [0.15, 0.2) is 31.1 Å². The van der Waals surface area contributed by atoms with Crippen LogP contribution in [0.3, 0.4) is 0 Å². The third-order valence-corrected chi connectivity index (χ3v) is 2.04. The third kappa shape index (κ3) is 3.18. The smallest absolute Gasteiger partial charge is 0.241 e. The van der Waals surface area contributed by atoms with Gasteiger partial charge in [-0.1, -0.05) is 6.08 Å². The molecule has 80 valence electrons. The van der Waals surface area contributed by atoms with Crippen LogP contribution in [0.1, 0.15) is 12.0 Å². The number of nitrogens with one attached hydrogen (secondary N) is 1. The standard InChI is InChI=1S/C11H15N3O/c1-3-4-9(12)11(15)14-10-5-6-13-7-8(10)2/h3,5-7,9H,1,4,12H2,2H3,(H,13,14,15). The molecular formula is C11H15N3O. The maximum absolute atomic E-state index is 11.6. The summed E-state index contributed by atoms with van der Waals surface area (Å²) in [5, 5.41) is 2.74. The molecule has 0 aliphatic heterocycles. The van der Waals surface area contributed by atoms with Crippen molar-refractivity contribution in [1.82, 2.24) is 4.98 Å². The Balaban J connectivity index is 2.66. The number of hydrogen-bond acceptors (Lipinski definition) is 3. The first-order valence-corrected chi connectivity index (χ1v) is 4.73. The zero-order chi connectivity index (χ0) is 11.3. The Labute approximate surface area is 89.2 Å². The van der Waals surface area contributed by atoms with Crippen molar-refractivity contribution in [3.8, 4) is 0 Å². The van der Waals surface area contributed by atoms with E-state index < -0.39 is 6.04 Å². The summed E-state index contributed by atoms with van der Waals surface area (Å²) in [4.78, 5) is 15.5. The molecule has 0 spiro atoms. The van der Waals surface area contributed by atoms with Crippen LogP contribution < -0.4 is 11.1 Å². The van der Waals surface area contributed by atoms with Gasteiger partial charge in [0.2, 0.25) is 5.91 Å². The summed E-state index contributed by atoms with van der Waals surface area (Å²) in [5.74, 6) is -0.204. The summed E-state index contributed by atoms with van der Waals surface area (Å²) in [6.45, 7) is 5.41. The number of carbonyl (C=O) groups is 1. The molecule has 0 aliphatic rings. The first-order valence-electron chi connectivity index (χ1n) is 4.73. The predicted molar refractivity (Wildman–Crippen MR) is 60.4 cm³/mol. The summed E-state index contributed by atoms with van der Waals surface area (Å²) in [5.41, 5.74) is 7.29. The number of carbonyl (C=O) groups excluding carboxylic acids is 1. The summed E-state index contributed by atoms with van der Waals surface area (Å²) in [7, 11) is 0. The monoisotopic (exact) mass is 205 g/mol. The molecule has 1 atom stereocenters. The second kappa shape index (κ2) is 5.26. The topological polar surface area (TPSA) is 68.0 Å². The highest BCUT2D eigenvalue weighted by atomic mass is 16.2. The number of amides is 1. The van der Waals surface area contributed by atoms with Crippen molar-refractivity contribution in [2.45, 2.75) is 19.4 Å². The van der Waals surface area contributed by atoms with E-state index in [1.165, 1.54) is 0 Å². The Morgan fingerprint density at radius 2 is 2.53 bits per heavy atom. The van der Waals surface area contributed by atoms with E-state index in [1.807, 2.05) is 6.92 Å². The van der Waals surface area contributed by atoms with Gasteiger partial charge in [0.15, 0.2) is 0 Å². The molecule has 0 aliphatic carbocycles. The number of hydrogen-bond donors (Lipinski definition) is 2. The summed E-state index contributed by atoms with van der Waals surface area (Å²) < 4.78 is 0. The molecule has 4 heteroatoms. The average Bonchev–Trinajstić information content (AvgIpc) is 2.21. The van der Waals surface area contributed by atoms with E-state index in [1.54, 1.807) is 24.5 Å². The van der Waals surface area contributed by atoms with Crippen molar-refractivity contribution < 1.29 is 4.79 Å². The van der Waals surface area contributed by atoms with Gasteiger partial charge in [0.1, 0.15) is 0 Å². The van der Waals surface area contributed by atoms with Crippen molar-refractivity contribution in [2.24, 2.45) is 5.73 Å². The molecular weight excluding hydrogens is 190 g/mol. The fraction of sp³-hybridized carbons (Fsp3) is 0.273. The number of pyridine rings is 1. The van der Waals surface area contributed by atoms with Crippen LogP contribution in [0.2, 0.25) is 0 Å². The normalized spacial score (nSPS) is 11.9. The van der Waals surface area contributed by atoms with Crippen molar-refractivity contribution in [3.63, 3.8) is 0 Å². The Hall–Kier alpha value is -1.68. The molecule has 0 fully saturated rings. The number of rotatable bonds is 4. The van der Waals surface area contributed by atoms with Crippen molar-refractivity contribution in [2.75, 3.05) is 5.32 Å². The van der Waals surface area contributed by atoms with E-state index in [4.69, 9.17) is 5.73 Å². The molecule has 3 N–H and O–H groups in total. The molecule has 1 unspecified atom stereocenters. The van der Waals surface area contributed by atoms with Crippen LogP contribution >= 0.6 is 0 Å². The fourth-order valence-electron chi connectivity index (χ4n) is 1.13. The molecule has 0 bridgehead atoms. The van der Waals surface area contributed by atoms with Crippen LogP contribution in [0.4, 0.5) is 5.69 Å². The highest BCUT2D eigenvalue weighted by Crippen LogP contribution is 2.11. The van der Waals surface area contributed by atoms with Gasteiger partial charge in [0, 0.05) is 18.1 Å². The molecule has 1 amide bonds. The second-order valence-corrected chi connectivity index (χ2v) is 3.31. The lowest BCUT2D eigenvalue weighted by molar-refractivity contribution is -0.117. The Morgan fingerprint density at radius 3 is 3.13 bits per heavy atom. The second-order valence-electron chi connectivity index (χ2n) is 3.31. The molecule has 1 rings (SSSR count). The zero-order valence-electron chi connectivity index (χ0n) is 8.73. The fourth-order valence-corrected chi connectivity index (χ4v) is 1.13. The quantitative estimate of drug-likeness (QED) is 0.726. The lowest BCUT2D eigenvalue weighted by atomic mass is 10.2. The molecule has 1 aromatic rings. The SMILES string of the molecule is C=CCC(N)C(=O)Nc1ccncc1C. The summed E-state index contributed by atoms with van der Waals surface area (Å²) >= 11 is 0. The van der Waals surface area contributed by atoms with Crippen LogP contribution in [0.25, 0.3) is 0 Å². The largest absolute Gasteiger partial charge is 0.324 e. The first kappa shape index (κ1) is 11.4. The van der Waals surface area contributed by atoms with Crippen molar-refractivity contribution >= 4 is 11.6 Å². The number of aryl methyl sites for hydroxylation is 1. The molecule has 0 radical (unpaired) electrons.